The minimum absolute atomic E-state index is 0.141. The van der Waals surface area contributed by atoms with Gasteiger partial charge in [0.15, 0.2) is 0 Å². The predicted molar refractivity (Wildman–Crippen MR) is 69.8 cm³/mol. The molecule has 1 fully saturated rings. The summed E-state index contributed by atoms with van der Waals surface area (Å²) in [6, 6.07) is 7.06. The second-order valence-electron chi connectivity index (χ2n) is 4.88. The van der Waals surface area contributed by atoms with E-state index in [1.807, 2.05) is 6.07 Å². The fraction of sp³-hybridized carbons (Fsp3) is 0.571. The van der Waals surface area contributed by atoms with E-state index in [1.165, 1.54) is 25.0 Å². The summed E-state index contributed by atoms with van der Waals surface area (Å²) in [4.78, 5) is 2.35. The Labute approximate surface area is 108 Å². The molecule has 2 N–H and O–H groups in total. The second-order valence-corrected chi connectivity index (χ2v) is 4.88. The van der Waals surface area contributed by atoms with Gasteiger partial charge < -0.3 is 10.5 Å². The highest BCUT2D eigenvalue weighted by Crippen LogP contribution is 2.28. The third kappa shape index (κ3) is 3.77. The molecule has 0 amide bonds. The highest BCUT2D eigenvalue weighted by atomic mass is 19.1. The lowest BCUT2D eigenvalue weighted by molar-refractivity contribution is 0.139. The molecule has 18 heavy (non-hydrogen) atoms. The van der Waals surface area contributed by atoms with Crippen molar-refractivity contribution in [2.45, 2.75) is 24.9 Å². The molecule has 1 aliphatic rings. The topological polar surface area (TPSA) is 38.5 Å². The van der Waals surface area contributed by atoms with E-state index < -0.39 is 0 Å². The molecule has 0 saturated heterocycles. The Balaban J connectivity index is 1.93. The average Bonchev–Trinajstić information content (AvgIpc) is 3.18. The molecule has 1 aromatic carbocycles. The summed E-state index contributed by atoms with van der Waals surface area (Å²) in [5.74, 6) is -0.224. The van der Waals surface area contributed by atoms with Crippen LogP contribution in [0.15, 0.2) is 24.3 Å². The summed E-state index contributed by atoms with van der Waals surface area (Å²) in [5, 5.41) is 0. The average molecular weight is 252 g/mol. The van der Waals surface area contributed by atoms with E-state index in [1.54, 1.807) is 13.2 Å². The first-order chi connectivity index (χ1) is 8.70. The number of benzene rings is 1. The van der Waals surface area contributed by atoms with E-state index >= 15 is 0 Å². The zero-order chi connectivity index (χ0) is 13.0. The Hall–Kier alpha value is -0.970. The van der Waals surface area contributed by atoms with Crippen LogP contribution >= 0.6 is 0 Å². The fourth-order valence-corrected chi connectivity index (χ4v) is 2.17. The molecular weight excluding hydrogens is 231 g/mol. The van der Waals surface area contributed by atoms with E-state index in [2.05, 4.69) is 4.90 Å². The number of halogens is 1. The van der Waals surface area contributed by atoms with Gasteiger partial charge >= 0.3 is 0 Å². The third-order valence-electron chi connectivity index (χ3n) is 3.35. The maximum absolute atomic E-state index is 13.1. The Morgan fingerprint density at radius 3 is 2.89 bits per heavy atom. The van der Waals surface area contributed by atoms with Crippen LogP contribution < -0.4 is 5.73 Å². The van der Waals surface area contributed by atoms with Crippen molar-refractivity contribution in [3.8, 4) is 0 Å². The lowest BCUT2D eigenvalue weighted by Crippen LogP contribution is -2.36. The summed E-state index contributed by atoms with van der Waals surface area (Å²) >= 11 is 0. The molecule has 0 aliphatic heterocycles. The highest BCUT2D eigenvalue weighted by molar-refractivity contribution is 5.20. The standard InChI is InChI=1S/C14H21FN2O/c1-18-8-7-17(13-5-6-13)10-14(16)11-3-2-4-12(15)9-11/h2-4,9,13-14H,5-8,10,16H2,1H3. The van der Waals surface area contributed by atoms with Crippen LogP contribution in [0.4, 0.5) is 4.39 Å². The number of hydrogen-bond acceptors (Lipinski definition) is 3. The quantitative estimate of drug-likeness (QED) is 0.806. The van der Waals surface area contributed by atoms with Crippen molar-refractivity contribution in [1.29, 1.82) is 0 Å². The minimum Gasteiger partial charge on any atom is -0.383 e. The molecule has 3 nitrogen and oxygen atoms in total. The molecule has 1 atom stereocenters. The number of rotatable bonds is 7. The Kier molecular flexibility index (Phi) is 4.69. The molecule has 0 radical (unpaired) electrons. The van der Waals surface area contributed by atoms with Crippen molar-refractivity contribution in [2.75, 3.05) is 26.8 Å². The van der Waals surface area contributed by atoms with E-state index in [9.17, 15) is 4.39 Å². The Bertz CT molecular complexity index is 382. The number of nitrogens with zero attached hydrogens (tertiary/aromatic N) is 1. The maximum atomic E-state index is 13.1. The van der Waals surface area contributed by atoms with Crippen molar-refractivity contribution in [3.05, 3.63) is 35.6 Å². The van der Waals surface area contributed by atoms with Crippen LogP contribution in [-0.2, 0) is 4.74 Å². The molecule has 1 aromatic rings. The Morgan fingerprint density at radius 1 is 1.50 bits per heavy atom. The van der Waals surface area contributed by atoms with E-state index in [0.717, 1.165) is 18.7 Å². The third-order valence-corrected chi connectivity index (χ3v) is 3.35. The van der Waals surface area contributed by atoms with E-state index in [-0.39, 0.29) is 11.9 Å². The lowest BCUT2D eigenvalue weighted by atomic mass is 10.1. The van der Waals surface area contributed by atoms with Gasteiger partial charge in [-0.1, -0.05) is 12.1 Å². The predicted octanol–water partition coefficient (Wildman–Crippen LogP) is 1.94. The van der Waals surface area contributed by atoms with Crippen LogP contribution in [0.25, 0.3) is 0 Å². The Morgan fingerprint density at radius 2 is 2.28 bits per heavy atom. The van der Waals surface area contributed by atoms with Crippen LogP contribution in [0, 0.1) is 5.82 Å². The summed E-state index contributed by atoms with van der Waals surface area (Å²) in [7, 11) is 1.71. The smallest absolute Gasteiger partial charge is 0.123 e. The fourth-order valence-electron chi connectivity index (χ4n) is 2.17. The highest BCUT2D eigenvalue weighted by Gasteiger charge is 2.29. The SMILES string of the molecule is COCCN(CC(N)c1cccc(F)c1)C1CC1. The van der Waals surface area contributed by atoms with E-state index in [0.29, 0.717) is 12.6 Å². The van der Waals surface area contributed by atoms with Crippen LogP contribution in [0.1, 0.15) is 24.4 Å². The summed E-state index contributed by atoms with van der Waals surface area (Å²) in [5.41, 5.74) is 7.01. The van der Waals surface area contributed by atoms with Gasteiger partial charge in [-0.15, -0.1) is 0 Å². The van der Waals surface area contributed by atoms with Gasteiger partial charge in [0.1, 0.15) is 5.82 Å². The molecule has 1 unspecified atom stereocenters. The second kappa shape index (κ2) is 6.27. The van der Waals surface area contributed by atoms with Crippen molar-refractivity contribution >= 4 is 0 Å². The van der Waals surface area contributed by atoms with Gasteiger partial charge in [-0.2, -0.15) is 0 Å². The van der Waals surface area contributed by atoms with E-state index in [4.69, 9.17) is 10.5 Å². The van der Waals surface area contributed by atoms with Crippen LogP contribution in [0.2, 0.25) is 0 Å². The minimum atomic E-state index is -0.224. The molecule has 100 valence electrons. The molecule has 0 spiro atoms. The largest absolute Gasteiger partial charge is 0.383 e. The first-order valence-corrected chi connectivity index (χ1v) is 6.44. The van der Waals surface area contributed by atoms with Crippen molar-refractivity contribution in [2.24, 2.45) is 5.73 Å². The van der Waals surface area contributed by atoms with Gasteiger partial charge in [0.05, 0.1) is 6.61 Å². The van der Waals surface area contributed by atoms with Crippen LogP contribution in [-0.4, -0.2) is 37.7 Å². The van der Waals surface area contributed by atoms with Crippen molar-refractivity contribution < 1.29 is 9.13 Å². The first-order valence-electron chi connectivity index (χ1n) is 6.44. The van der Waals surface area contributed by atoms with Crippen LogP contribution in [0.5, 0.6) is 0 Å². The van der Waals surface area contributed by atoms with Gasteiger partial charge in [0, 0.05) is 32.3 Å². The van der Waals surface area contributed by atoms with Gasteiger partial charge in [0.25, 0.3) is 0 Å². The zero-order valence-electron chi connectivity index (χ0n) is 10.8. The van der Waals surface area contributed by atoms with Gasteiger partial charge in [0.2, 0.25) is 0 Å². The number of methoxy groups -OCH3 is 1. The number of nitrogens with two attached hydrogens (primary N) is 1. The summed E-state index contributed by atoms with van der Waals surface area (Å²) < 4.78 is 18.3. The number of ether oxygens (including phenoxy) is 1. The zero-order valence-corrected chi connectivity index (χ0v) is 10.8. The molecule has 2 rings (SSSR count). The van der Waals surface area contributed by atoms with Crippen molar-refractivity contribution in [1.82, 2.24) is 4.90 Å². The molecule has 4 heteroatoms. The summed E-state index contributed by atoms with van der Waals surface area (Å²) in [6.07, 6.45) is 2.47. The normalized spacial score (nSPS) is 17.1. The molecule has 1 aliphatic carbocycles. The molecule has 1 saturated carbocycles. The molecular formula is C14H21FN2O. The molecule has 0 bridgehead atoms. The van der Waals surface area contributed by atoms with Crippen molar-refractivity contribution in [3.63, 3.8) is 0 Å². The van der Waals surface area contributed by atoms with Gasteiger partial charge in [-0.25, -0.2) is 4.39 Å². The summed E-state index contributed by atoms with van der Waals surface area (Å²) in [6.45, 7) is 2.37. The monoisotopic (exact) mass is 252 g/mol. The maximum Gasteiger partial charge on any atom is 0.123 e. The number of hydrogen-bond donors (Lipinski definition) is 1. The van der Waals surface area contributed by atoms with Gasteiger partial charge in [-0.05, 0) is 30.5 Å². The first kappa shape index (κ1) is 13.5. The van der Waals surface area contributed by atoms with Crippen LogP contribution in [0.3, 0.4) is 0 Å². The van der Waals surface area contributed by atoms with Gasteiger partial charge in [-0.3, -0.25) is 4.90 Å². The molecule has 0 aromatic heterocycles. The lowest BCUT2D eigenvalue weighted by Gasteiger charge is -2.25. The molecule has 0 heterocycles.